The fraction of sp³-hybridized carbons (Fsp3) is 0.462. The van der Waals surface area contributed by atoms with Crippen molar-refractivity contribution in [2.75, 3.05) is 14.2 Å². The lowest BCUT2D eigenvalue weighted by atomic mass is 9.98. The first-order valence-corrected chi connectivity index (χ1v) is 12.9. The fourth-order valence-corrected chi connectivity index (χ4v) is 4.93. The SMILES string of the molecule is COc1cc(Br)c(-c2cc(CNC(=O)OC(C)(C)C)c(OC)c(CNC(=O)OC(C)(C)C)c2)c(Br)c1. The molecule has 0 radical (unpaired) electrons. The maximum Gasteiger partial charge on any atom is 0.407 e. The zero-order chi connectivity index (χ0) is 27.3. The first kappa shape index (κ1) is 29.8. The number of amides is 2. The fourth-order valence-electron chi connectivity index (χ4n) is 3.33. The molecule has 10 heteroatoms. The van der Waals surface area contributed by atoms with Gasteiger partial charge in [-0.1, -0.05) is 0 Å². The van der Waals surface area contributed by atoms with Gasteiger partial charge in [0, 0.05) is 38.7 Å². The number of halogens is 2. The molecular weight excluding hydrogens is 596 g/mol. The number of benzene rings is 2. The van der Waals surface area contributed by atoms with E-state index in [0.717, 1.165) is 20.1 Å². The van der Waals surface area contributed by atoms with Gasteiger partial charge < -0.3 is 29.6 Å². The number of methoxy groups -OCH3 is 2. The first-order valence-electron chi connectivity index (χ1n) is 11.3. The molecule has 0 aliphatic rings. The van der Waals surface area contributed by atoms with E-state index in [1.165, 1.54) is 0 Å². The maximum absolute atomic E-state index is 12.3. The maximum atomic E-state index is 12.3. The number of rotatable bonds is 7. The summed E-state index contributed by atoms with van der Waals surface area (Å²) in [4.78, 5) is 24.6. The topological polar surface area (TPSA) is 95.1 Å². The Morgan fingerprint density at radius 3 is 1.50 bits per heavy atom. The van der Waals surface area contributed by atoms with E-state index in [0.29, 0.717) is 22.6 Å². The van der Waals surface area contributed by atoms with Crippen LogP contribution in [0.5, 0.6) is 11.5 Å². The minimum atomic E-state index is -0.628. The highest BCUT2D eigenvalue weighted by atomic mass is 79.9. The van der Waals surface area contributed by atoms with Crippen LogP contribution in [-0.2, 0) is 22.6 Å². The third-order valence-electron chi connectivity index (χ3n) is 4.63. The lowest BCUT2D eigenvalue weighted by Gasteiger charge is -2.22. The van der Waals surface area contributed by atoms with Crippen LogP contribution in [-0.4, -0.2) is 37.6 Å². The van der Waals surface area contributed by atoms with Gasteiger partial charge in [0.1, 0.15) is 22.7 Å². The van der Waals surface area contributed by atoms with Crippen LogP contribution >= 0.6 is 31.9 Å². The van der Waals surface area contributed by atoms with E-state index >= 15 is 0 Å². The van der Waals surface area contributed by atoms with Crippen molar-refractivity contribution in [2.45, 2.75) is 65.8 Å². The van der Waals surface area contributed by atoms with Crippen molar-refractivity contribution in [1.29, 1.82) is 0 Å². The monoisotopic (exact) mass is 628 g/mol. The summed E-state index contributed by atoms with van der Waals surface area (Å²) in [6.07, 6.45) is -1.09. The highest BCUT2D eigenvalue weighted by Crippen LogP contribution is 2.41. The van der Waals surface area contributed by atoms with E-state index in [9.17, 15) is 9.59 Å². The summed E-state index contributed by atoms with van der Waals surface area (Å²) in [5.74, 6) is 1.22. The van der Waals surface area contributed by atoms with E-state index in [4.69, 9.17) is 18.9 Å². The van der Waals surface area contributed by atoms with Crippen LogP contribution in [0.4, 0.5) is 9.59 Å². The summed E-state index contributed by atoms with van der Waals surface area (Å²) in [7, 11) is 3.14. The number of hydrogen-bond donors (Lipinski definition) is 2. The van der Waals surface area contributed by atoms with E-state index in [-0.39, 0.29) is 13.1 Å². The van der Waals surface area contributed by atoms with Crippen LogP contribution in [0, 0.1) is 0 Å². The molecule has 198 valence electrons. The van der Waals surface area contributed by atoms with E-state index in [2.05, 4.69) is 42.5 Å². The summed E-state index contributed by atoms with van der Waals surface area (Å²) >= 11 is 7.26. The molecule has 0 aliphatic heterocycles. The molecule has 0 saturated carbocycles. The molecule has 0 spiro atoms. The third-order valence-corrected chi connectivity index (χ3v) is 5.88. The molecule has 0 atom stereocenters. The molecule has 2 aromatic rings. The summed E-state index contributed by atoms with van der Waals surface area (Å²) in [5.41, 5.74) is 1.86. The highest BCUT2D eigenvalue weighted by molar-refractivity contribution is 9.11. The Bertz CT molecular complexity index is 1030. The highest BCUT2D eigenvalue weighted by Gasteiger charge is 2.21. The van der Waals surface area contributed by atoms with Crippen molar-refractivity contribution in [3.05, 3.63) is 44.3 Å². The van der Waals surface area contributed by atoms with E-state index in [1.54, 1.807) is 55.8 Å². The number of hydrogen-bond acceptors (Lipinski definition) is 6. The molecule has 0 aliphatic carbocycles. The molecule has 0 bridgehead atoms. The van der Waals surface area contributed by atoms with E-state index < -0.39 is 23.4 Å². The average molecular weight is 630 g/mol. The van der Waals surface area contributed by atoms with Gasteiger partial charge in [-0.15, -0.1) is 0 Å². The van der Waals surface area contributed by atoms with Gasteiger partial charge in [0.2, 0.25) is 0 Å². The Kier molecular flexibility index (Phi) is 10.1. The molecule has 0 heterocycles. The normalized spacial score (nSPS) is 11.5. The van der Waals surface area contributed by atoms with Gasteiger partial charge in [-0.25, -0.2) is 9.59 Å². The van der Waals surface area contributed by atoms with Crippen molar-refractivity contribution < 1.29 is 28.5 Å². The van der Waals surface area contributed by atoms with Crippen molar-refractivity contribution >= 4 is 44.0 Å². The van der Waals surface area contributed by atoms with Gasteiger partial charge in [-0.2, -0.15) is 0 Å². The zero-order valence-corrected chi connectivity index (χ0v) is 25.1. The number of ether oxygens (including phenoxy) is 4. The molecule has 2 aromatic carbocycles. The molecular formula is C26H34Br2N2O6. The lowest BCUT2D eigenvalue weighted by molar-refractivity contribution is 0.0513. The van der Waals surface area contributed by atoms with Gasteiger partial charge in [-0.05, 0) is 103 Å². The molecule has 2 rings (SSSR count). The van der Waals surface area contributed by atoms with E-state index in [1.807, 2.05) is 24.3 Å². The van der Waals surface area contributed by atoms with Crippen molar-refractivity contribution in [2.24, 2.45) is 0 Å². The molecule has 8 nitrogen and oxygen atoms in total. The molecule has 2 amide bonds. The second kappa shape index (κ2) is 12.2. The minimum Gasteiger partial charge on any atom is -0.497 e. The Hall–Kier alpha value is -2.46. The molecule has 0 aromatic heterocycles. The van der Waals surface area contributed by atoms with Crippen LogP contribution in [0.3, 0.4) is 0 Å². The molecule has 0 saturated heterocycles. The summed E-state index contributed by atoms with van der Waals surface area (Å²) in [5, 5.41) is 5.57. The second-order valence-corrected chi connectivity index (χ2v) is 11.7. The summed E-state index contributed by atoms with van der Waals surface area (Å²) in [6, 6.07) is 7.57. The van der Waals surface area contributed by atoms with Crippen LogP contribution < -0.4 is 20.1 Å². The molecule has 36 heavy (non-hydrogen) atoms. The van der Waals surface area contributed by atoms with Crippen LogP contribution in [0.2, 0.25) is 0 Å². The quantitative estimate of drug-likeness (QED) is 0.344. The zero-order valence-electron chi connectivity index (χ0n) is 21.9. The lowest BCUT2D eigenvalue weighted by Crippen LogP contribution is -2.33. The predicted octanol–water partition coefficient (Wildman–Crippen LogP) is 6.95. The molecule has 2 N–H and O–H groups in total. The van der Waals surface area contributed by atoms with Crippen LogP contribution in [0.1, 0.15) is 52.7 Å². The van der Waals surface area contributed by atoms with Gasteiger partial charge in [0.05, 0.1) is 14.2 Å². The summed E-state index contributed by atoms with van der Waals surface area (Å²) in [6.45, 7) is 11.1. The third kappa shape index (κ3) is 8.89. The Labute approximate surface area is 229 Å². The number of carbonyl (C=O) groups is 2. The Morgan fingerprint density at radius 2 is 1.17 bits per heavy atom. The van der Waals surface area contributed by atoms with Crippen LogP contribution in [0.25, 0.3) is 11.1 Å². The summed E-state index contributed by atoms with van der Waals surface area (Å²) < 4.78 is 23.4. The average Bonchev–Trinajstić information content (AvgIpc) is 2.73. The largest absolute Gasteiger partial charge is 0.497 e. The second-order valence-electron chi connectivity index (χ2n) is 10.0. The van der Waals surface area contributed by atoms with Crippen molar-refractivity contribution in [3.8, 4) is 22.6 Å². The standard InChI is InChI=1S/C26H34Br2N2O6/c1-25(2,3)35-23(31)29-13-16-9-15(21-19(27)11-18(33-7)12-20(21)28)10-17(22(16)34-8)14-30-24(32)36-26(4,5)6/h9-12H,13-14H2,1-8H3,(H,29,31)(H,30,32). The van der Waals surface area contributed by atoms with Crippen molar-refractivity contribution in [1.82, 2.24) is 10.6 Å². The number of nitrogens with one attached hydrogen (secondary N) is 2. The van der Waals surface area contributed by atoms with Gasteiger partial charge in [0.15, 0.2) is 0 Å². The molecule has 0 fully saturated rings. The Balaban J connectivity index is 2.51. The number of alkyl carbamates (subject to hydrolysis) is 2. The van der Waals surface area contributed by atoms with Crippen LogP contribution in [0.15, 0.2) is 33.2 Å². The Morgan fingerprint density at radius 1 is 0.750 bits per heavy atom. The van der Waals surface area contributed by atoms with Gasteiger partial charge >= 0.3 is 12.2 Å². The van der Waals surface area contributed by atoms with Gasteiger partial charge in [0.25, 0.3) is 0 Å². The predicted molar refractivity (Wildman–Crippen MR) is 147 cm³/mol. The number of carbonyl (C=O) groups excluding carboxylic acids is 2. The minimum absolute atomic E-state index is 0.150. The molecule has 0 unspecified atom stereocenters. The van der Waals surface area contributed by atoms with Crippen molar-refractivity contribution in [3.63, 3.8) is 0 Å². The smallest absolute Gasteiger partial charge is 0.407 e. The first-order chi connectivity index (χ1) is 16.6. The van der Waals surface area contributed by atoms with Gasteiger partial charge in [-0.3, -0.25) is 0 Å².